The van der Waals surface area contributed by atoms with Crippen LogP contribution in [0.1, 0.15) is 51.4 Å². The van der Waals surface area contributed by atoms with Crippen LogP contribution in [0.3, 0.4) is 0 Å². The molecule has 0 saturated heterocycles. The molecule has 0 amide bonds. The number of allylic oxidation sites excluding steroid dienone is 7. The average molecular weight is 302 g/mol. The minimum atomic E-state index is -0.240. The van der Waals surface area contributed by atoms with Gasteiger partial charge in [0, 0.05) is 5.57 Å². The molecule has 0 aliphatic carbocycles. The van der Waals surface area contributed by atoms with E-state index in [1.54, 1.807) is 0 Å². The Bertz CT molecular complexity index is 400. The SMILES string of the molecule is C=CCCCC=CCC=C(CC=CCCCC=C)C(=O)OC. The van der Waals surface area contributed by atoms with Crippen LogP contribution < -0.4 is 0 Å². The van der Waals surface area contributed by atoms with Gasteiger partial charge in [0.2, 0.25) is 0 Å². The lowest BCUT2D eigenvalue weighted by molar-refractivity contribution is -0.136. The molecule has 0 bridgehead atoms. The van der Waals surface area contributed by atoms with E-state index in [1.807, 2.05) is 24.3 Å². The van der Waals surface area contributed by atoms with Crippen LogP contribution in [0, 0.1) is 0 Å². The molecule has 0 fully saturated rings. The fourth-order valence-corrected chi connectivity index (χ4v) is 1.89. The van der Waals surface area contributed by atoms with Gasteiger partial charge in [-0.1, -0.05) is 42.5 Å². The monoisotopic (exact) mass is 302 g/mol. The van der Waals surface area contributed by atoms with Crippen LogP contribution in [0.4, 0.5) is 0 Å². The van der Waals surface area contributed by atoms with Crippen molar-refractivity contribution < 1.29 is 9.53 Å². The molecule has 0 heterocycles. The zero-order valence-electron chi connectivity index (χ0n) is 13.9. The molecule has 122 valence electrons. The van der Waals surface area contributed by atoms with Crippen molar-refractivity contribution in [3.05, 3.63) is 61.3 Å². The Morgan fingerprint density at radius 1 is 0.909 bits per heavy atom. The van der Waals surface area contributed by atoms with Crippen molar-refractivity contribution in [1.82, 2.24) is 0 Å². The second kappa shape index (κ2) is 15.6. The molecule has 0 aliphatic heterocycles. The van der Waals surface area contributed by atoms with Gasteiger partial charge in [-0.15, -0.1) is 13.2 Å². The summed E-state index contributed by atoms with van der Waals surface area (Å²) in [6.07, 6.45) is 22.0. The fraction of sp³-hybridized carbons (Fsp3) is 0.450. The van der Waals surface area contributed by atoms with Gasteiger partial charge in [-0.2, -0.15) is 0 Å². The van der Waals surface area contributed by atoms with Crippen LogP contribution in [-0.2, 0) is 9.53 Å². The van der Waals surface area contributed by atoms with E-state index in [2.05, 4.69) is 31.4 Å². The van der Waals surface area contributed by atoms with E-state index in [-0.39, 0.29) is 5.97 Å². The molecule has 0 spiro atoms. The third kappa shape index (κ3) is 12.0. The van der Waals surface area contributed by atoms with E-state index in [1.165, 1.54) is 7.11 Å². The highest BCUT2D eigenvalue weighted by Gasteiger charge is 2.06. The molecule has 2 heteroatoms. The Morgan fingerprint density at radius 2 is 1.50 bits per heavy atom. The Kier molecular flexibility index (Phi) is 14.3. The number of carbonyl (C=O) groups is 1. The second-order valence-electron chi connectivity index (χ2n) is 5.04. The molecule has 0 atom stereocenters. The number of methoxy groups -OCH3 is 1. The highest BCUT2D eigenvalue weighted by molar-refractivity contribution is 5.88. The van der Waals surface area contributed by atoms with Crippen molar-refractivity contribution in [3.8, 4) is 0 Å². The maximum absolute atomic E-state index is 11.7. The molecule has 0 saturated carbocycles. The zero-order chi connectivity index (χ0) is 16.5. The maximum atomic E-state index is 11.7. The van der Waals surface area contributed by atoms with Gasteiger partial charge in [0.25, 0.3) is 0 Å². The molecule has 0 radical (unpaired) electrons. The predicted molar refractivity (Wildman–Crippen MR) is 95.7 cm³/mol. The summed E-state index contributed by atoms with van der Waals surface area (Å²) in [5.74, 6) is -0.240. The minimum Gasteiger partial charge on any atom is -0.466 e. The number of unbranched alkanes of at least 4 members (excludes halogenated alkanes) is 4. The smallest absolute Gasteiger partial charge is 0.333 e. The molecule has 0 aromatic heterocycles. The van der Waals surface area contributed by atoms with Crippen LogP contribution in [0.2, 0.25) is 0 Å². The van der Waals surface area contributed by atoms with Crippen molar-refractivity contribution in [2.75, 3.05) is 7.11 Å². The lowest BCUT2D eigenvalue weighted by Gasteiger charge is -2.01. The van der Waals surface area contributed by atoms with Crippen molar-refractivity contribution in [3.63, 3.8) is 0 Å². The van der Waals surface area contributed by atoms with Crippen molar-refractivity contribution in [2.45, 2.75) is 51.4 Å². The number of ether oxygens (including phenoxy) is 1. The van der Waals surface area contributed by atoms with Crippen LogP contribution in [0.5, 0.6) is 0 Å². The van der Waals surface area contributed by atoms with E-state index in [0.29, 0.717) is 6.42 Å². The number of rotatable bonds is 13. The summed E-state index contributed by atoms with van der Waals surface area (Å²) < 4.78 is 4.83. The van der Waals surface area contributed by atoms with Crippen LogP contribution in [-0.4, -0.2) is 13.1 Å². The van der Waals surface area contributed by atoms with Crippen LogP contribution in [0.15, 0.2) is 61.3 Å². The molecular weight excluding hydrogens is 272 g/mol. The summed E-state index contributed by atoms with van der Waals surface area (Å²) in [4.78, 5) is 11.7. The van der Waals surface area contributed by atoms with Crippen LogP contribution in [0.25, 0.3) is 0 Å². The first kappa shape index (κ1) is 20.2. The molecule has 2 nitrogen and oxygen atoms in total. The molecule has 0 aromatic carbocycles. The summed E-state index contributed by atoms with van der Waals surface area (Å²) in [6.45, 7) is 7.40. The minimum absolute atomic E-state index is 0.240. The highest BCUT2D eigenvalue weighted by atomic mass is 16.5. The Balaban J connectivity index is 4.20. The summed E-state index contributed by atoms with van der Waals surface area (Å²) in [6, 6.07) is 0. The largest absolute Gasteiger partial charge is 0.466 e. The third-order valence-electron chi connectivity index (χ3n) is 3.18. The molecule has 22 heavy (non-hydrogen) atoms. The van der Waals surface area contributed by atoms with Crippen LogP contribution >= 0.6 is 0 Å². The molecule has 0 N–H and O–H groups in total. The van der Waals surface area contributed by atoms with Gasteiger partial charge in [0.05, 0.1) is 7.11 Å². The number of hydrogen-bond donors (Lipinski definition) is 0. The summed E-state index contributed by atoms with van der Waals surface area (Å²) in [5.41, 5.74) is 0.721. The molecular formula is C20H30O2. The standard InChI is InChI=1S/C20H30O2/c1-4-6-8-10-12-14-16-18-19(20(21)22-3)17-15-13-11-9-7-5-2/h4-5,12-15,18H,1-2,6-11,16-17H2,3H3. The normalized spacial score (nSPS) is 12.0. The predicted octanol–water partition coefficient (Wildman–Crippen LogP) is 5.69. The van der Waals surface area contributed by atoms with Gasteiger partial charge in [0.15, 0.2) is 0 Å². The third-order valence-corrected chi connectivity index (χ3v) is 3.18. The molecule has 0 rings (SSSR count). The first-order valence-electron chi connectivity index (χ1n) is 8.05. The first-order chi connectivity index (χ1) is 10.8. The summed E-state index contributed by atoms with van der Waals surface area (Å²) in [5, 5.41) is 0. The number of esters is 1. The molecule has 0 aromatic rings. The van der Waals surface area contributed by atoms with Gasteiger partial charge in [-0.05, 0) is 51.4 Å². The van der Waals surface area contributed by atoms with Gasteiger partial charge < -0.3 is 4.74 Å². The Morgan fingerprint density at radius 3 is 2.05 bits per heavy atom. The van der Waals surface area contributed by atoms with Gasteiger partial charge >= 0.3 is 5.97 Å². The lowest BCUT2D eigenvalue weighted by Crippen LogP contribution is -2.03. The number of hydrogen-bond acceptors (Lipinski definition) is 2. The zero-order valence-corrected chi connectivity index (χ0v) is 13.9. The Hall–Kier alpha value is -1.83. The fourth-order valence-electron chi connectivity index (χ4n) is 1.89. The summed E-state index contributed by atoms with van der Waals surface area (Å²) in [7, 11) is 1.43. The number of carbonyl (C=O) groups excluding carboxylic acids is 1. The molecule has 0 aliphatic rings. The van der Waals surface area contributed by atoms with Crippen molar-refractivity contribution in [2.24, 2.45) is 0 Å². The van der Waals surface area contributed by atoms with Crippen molar-refractivity contribution >= 4 is 5.97 Å². The van der Waals surface area contributed by atoms with Crippen molar-refractivity contribution in [1.29, 1.82) is 0 Å². The van der Waals surface area contributed by atoms with E-state index in [4.69, 9.17) is 4.74 Å². The highest BCUT2D eigenvalue weighted by Crippen LogP contribution is 2.09. The Labute approximate surface area is 136 Å². The average Bonchev–Trinajstić information content (AvgIpc) is 2.54. The topological polar surface area (TPSA) is 26.3 Å². The van der Waals surface area contributed by atoms with Gasteiger partial charge in [-0.25, -0.2) is 4.79 Å². The second-order valence-corrected chi connectivity index (χ2v) is 5.04. The first-order valence-corrected chi connectivity index (χ1v) is 8.05. The van der Waals surface area contributed by atoms with E-state index in [0.717, 1.165) is 50.5 Å². The quantitative estimate of drug-likeness (QED) is 0.189. The van der Waals surface area contributed by atoms with Gasteiger partial charge in [0.1, 0.15) is 0 Å². The molecule has 0 unspecified atom stereocenters. The van der Waals surface area contributed by atoms with E-state index < -0.39 is 0 Å². The van der Waals surface area contributed by atoms with Gasteiger partial charge in [-0.3, -0.25) is 0 Å². The van der Waals surface area contributed by atoms with E-state index >= 15 is 0 Å². The maximum Gasteiger partial charge on any atom is 0.333 e. The lowest BCUT2D eigenvalue weighted by atomic mass is 10.1. The van der Waals surface area contributed by atoms with E-state index in [9.17, 15) is 4.79 Å². The summed E-state index contributed by atoms with van der Waals surface area (Å²) >= 11 is 0.